The third kappa shape index (κ3) is 3.50. The van der Waals surface area contributed by atoms with Crippen molar-refractivity contribution in [1.29, 1.82) is 5.26 Å². The summed E-state index contributed by atoms with van der Waals surface area (Å²) in [5.41, 5.74) is 6.49. The molecular weight excluding hydrogens is 295 g/mol. The van der Waals surface area contributed by atoms with Gasteiger partial charge in [0.15, 0.2) is 0 Å². The van der Waals surface area contributed by atoms with E-state index in [1.807, 2.05) is 6.07 Å². The molecule has 0 unspecified atom stereocenters. The van der Waals surface area contributed by atoms with Gasteiger partial charge in [-0.05, 0) is 36.4 Å². The second-order valence-electron chi connectivity index (χ2n) is 4.23. The van der Waals surface area contributed by atoms with Crippen molar-refractivity contribution < 1.29 is 13.9 Å². The van der Waals surface area contributed by atoms with Gasteiger partial charge in [0.2, 0.25) is 0 Å². The van der Waals surface area contributed by atoms with E-state index in [1.165, 1.54) is 30.3 Å². The lowest BCUT2D eigenvalue weighted by Gasteiger charge is -2.08. The lowest BCUT2D eigenvalue weighted by molar-refractivity contribution is 0.0469. The van der Waals surface area contributed by atoms with Gasteiger partial charge in [-0.25, -0.2) is 9.18 Å². The van der Waals surface area contributed by atoms with Crippen molar-refractivity contribution in [2.45, 2.75) is 6.61 Å². The molecule has 0 saturated carbocycles. The Kier molecular flexibility index (Phi) is 4.41. The summed E-state index contributed by atoms with van der Waals surface area (Å²) < 4.78 is 18.5. The highest BCUT2D eigenvalue weighted by Crippen LogP contribution is 2.21. The summed E-state index contributed by atoms with van der Waals surface area (Å²) in [6, 6.07) is 10.1. The summed E-state index contributed by atoms with van der Waals surface area (Å²) in [7, 11) is 0. The zero-order valence-electron chi connectivity index (χ0n) is 10.8. The lowest BCUT2D eigenvalue weighted by Crippen LogP contribution is -2.07. The Morgan fingerprint density at radius 1 is 1.33 bits per heavy atom. The average molecular weight is 305 g/mol. The molecule has 4 nitrogen and oxygen atoms in total. The second-order valence-corrected chi connectivity index (χ2v) is 4.64. The summed E-state index contributed by atoms with van der Waals surface area (Å²) in [6.45, 7) is -0.291. The predicted molar refractivity (Wildman–Crippen MR) is 76.1 cm³/mol. The first-order valence-corrected chi connectivity index (χ1v) is 6.29. The number of ether oxygens (including phenoxy) is 1. The van der Waals surface area contributed by atoms with Gasteiger partial charge in [-0.2, -0.15) is 5.26 Å². The van der Waals surface area contributed by atoms with E-state index in [9.17, 15) is 9.18 Å². The summed E-state index contributed by atoms with van der Waals surface area (Å²) in [5, 5.41) is 8.92. The normalized spacial score (nSPS) is 9.95. The molecule has 0 heterocycles. The number of hydrogen-bond acceptors (Lipinski definition) is 4. The van der Waals surface area contributed by atoms with E-state index in [-0.39, 0.29) is 28.3 Å². The van der Waals surface area contributed by atoms with Gasteiger partial charge < -0.3 is 10.5 Å². The largest absolute Gasteiger partial charge is 0.457 e. The smallest absolute Gasteiger partial charge is 0.339 e. The third-order valence-corrected chi connectivity index (χ3v) is 3.06. The number of hydrogen-bond donors (Lipinski definition) is 1. The summed E-state index contributed by atoms with van der Waals surface area (Å²) in [4.78, 5) is 11.9. The monoisotopic (exact) mass is 304 g/mol. The fourth-order valence-corrected chi connectivity index (χ4v) is 1.94. The maximum absolute atomic E-state index is 13.5. The minimum Gasteiger partial charge on any atom is -0.457 e. The molecule has 0 fully saturated rings. The van der Waals surface area contributed by atoms with Gasteiger partial charge in [-0.3, -0.25) is 0 Å². The van der Waals surface area contributed by atoms with E-state index in [1.54, 1.807) is 0 Å². The van der Waals surface area contributed by atoms with E-state index < -0.39 is 11.8 Å². The molecule has 0 aliphatic carbocycles. The molecule has 0 saturated heterocycles. The molecule has 0 atom stereocenters. The Morgan fingerprint density at radius 2 is 2.10 bits per heavy atom. The first-order chi connectivity index (χ1) is 10.0. The van der Waals surface area contributed by atoms with Crippen LogP contribution in [0.25, 0.3) is 0 Å². The van der Waals surface area contributed by atoms with E-state index in [4.69, 9.17) is 27.3 Å². The van der Waals surface area contributed by atoms with Crippen LogP contribution in [-0.4, -0.2) is 5.97 Å². The number of carbonyl (C=O) groups excluding carboxylic acids is 1. The minimum atomic E-state index is -0.693. The van der Waals surface area contributed by atoms with Crippen molar-refractivity contribution in [3.05, 3.63) is 63.9 Å². The minimum absolute atomic E-state index is 0.119. The van der Waals surface area contributed by atoms with Crippen LogP contribution in [0.2, 0.25) is 5.02 Å². The number of carbonyl (C=O) groups is 1. The quantitative estimate of drug-likeness (QED) is 0.697. The predicted octanol–water partition coefficient (Wildman–Crippen LogP) is 3.29. The van der Waals surface area contributed by atoms with Crippen molar-refractivity contribution in [2.75, 3.05) is 5.73 Å². The zero-order chi connectivity index (χ0) is 15.4. The number of nitrogens with two attached hydrogens (primary N) is 1. The molecule has 2 rings (SSSR count). The molecule has 0 aliphatic rings. The third-order valence-electron chi connectivity index (χ3n) is 2.75. The van der Waals surface area contributed by atoms with Crippen LogP contribution >= 0.6 is 11.6 Å². The Hall–Kier alpha value is -2.58. The molecule has 2 aromatic carbocycles. The fourth-order valence-electron chi connectivity index (χ4n) is 1.67. The first-order valence-electron chi connectivity index (χ1n) is 5.92. The van der Waals surface area contributed by atoms with Crippen molar-refractivity contribution in [1.82, 2.24) is 0 Å². The van der Waals surface area contributed by atoms with Crippen LogP contribution in [0.4, 0.5) is 10.1 Å². The molecule has 0 amide bonds. The maximum atomic E-state index is 13.5. The SMILES string of the molecule is N#Cc1ccc(F)c(COC(=O)c2ccc(N)cc2Cl)c1. The maximum Gasteiger partial charge on any atom is 0.339 e. The van der Waals surface area contributed by atoms with Gasteiger partial charge in [0, 0.05) is 11.3 Å². The van der Waals surface area contributed by atoms with Crippen molar-refractivity contribution in [3.8, 4) is 6.07 Å². The van der Waals surface area contributed by atoms with Crippen LogP contribution in [0.15, 0.2) is 36.4 Å². The molecule has 0 aromatic heterocycles. The van der Waals surface area contributed by atoms with Crippen molar-refractivity contribution in [3.63, 3.8) is 0 Å². The molecule has 0 radical (unpaired) electrons. The molecular formula is C15H10ClFN2O2. The molecule has 21 heavy (non-hydrogen) atoms. The molecule has 106 valence electrons. The Bertz CT molecular complexity index is 741. The van der Waals surface area contributed by atoms with Crippen LogP contribution in [0.3, 0.4) is 0 Å². The van der Waals surface area contributed by atoms with E-state index in [2.05, 4.69) is 0 Å². The van der Waals surface area contributed by atoms with Crippen LogP contribution in [0, 0.1) is 17.1 Å². The molecule has 0 spiro atoms. The van der Waals surface area contributed by atoms with Gasteiger partial charge in [0.1, 0.15) is 12.4 Å². The van der Waals surface area contributed by atoms with Gasteiger partial charge in [-0.1, -0.05) is 11.6 Å². The number of nitriles is 1. The number of esters is 1. The van der Waals surface area contributed by atoms with Crippen molar-refractivity contribution in [2.24, 2.45) is 0 Å². The van der Waals surface area contributed by atoms with E-state index >= 15 is 0 Å². The highest BCUT2D eigenvalue weighted by atomic mass is 35.5. The highest BCUT2D eigenvalue weighted by molar-refractivity contribution is 6.33. The number of halogens is 2. The fraction of sp³-hybridized carbons (Fsp3) is 0.0667. The first kappa shape index (κ1) is 14.8. The van der Waals surface area contributed by atoms with Crippen LogP contribution in [0.5, 0.6) is 0 Å². The lowest BCUT2D eigenvalue weighted by atomic mass is 10.1. The summed E-state index contributed by atoms with van der Waals surface area (Å²) in [6.07, 6.45) is 0. The highest BCUT2D eigenvalue weighted by Gasteiger charge is 2.13. The van der Waals surface area contributed by atoms with Crippen molar-refractivity contribution >= 4 is 23.3 Å². The molecule has 0 bridgehead atoms. The number of nitrogens with zero attached hydrogens (tertiary/aromatic N) is 1. The van der Waals surface area contributed by atoms with E-state index in [0.717, 1.165) is 6.07 Å². The zero-order valence-corrected chi connectivity index (χ0v) is 11.5. The van der Waals surface area contributed by atoms with Gasteiger partial charge in [0.25, 0.3) is 0 Å². The van der Waals surface area contributed by atoms with Crippen LogP contribution in [-0.2, 0) is 11.3 Å². The van der Waals surface area contributed by atoms with Crippen LogP contribution < -0.4 is 5.73 Å². The number of nitrogen functional groups attached to an aromatic ring is 1. The Balaban J connectivity index is 2.13. The Morgan fingerprint density at radius 3 is 2.76 bits per heavy atom. The molecule has 2 N–H and O–H groups in total. The topological polar surface area (TPSA) is 76.1 Å². The van der Waals surface area contributed by atoms with E-state index in [0.29, 0.717) is 5.69 Å². The Labute approximate surface area is 125 Å². The average Bonchev–Trinajstić information content (AvgIpc) is 2.46. The van der Waals surface area contributed by atoms with Gasteiger partial charge in [-0.15, -0.1) is 0 Å². The summed E-state index contributed by atoms with van der Waals surface area (Å²) in [5.74, 6) is -1.24. The molecule has 6 heteroatoms. The van der Waals surface area contributed by atoms with Crippen LogP contribution in [0.1, 0.15) is 21.5 Å². The number of anilines is 1. The standard InChI is InChI=1S/C15H10ClFN2O2/c16-13-6-11(19)2-3-12(13)15(20)21-8-10-5-9(7-18)1-4-14(10)17/h1-6H,8,19H2. The molecule has 2 aromatic rings. The van der Waals surface area contributed by atoms with Gasteiger partial charge >= 0.3 is 5.97 Å². The number of rotatable bonds is 3. The summed E-state index contributed by atoms with van der Waals surface area (Å²) >= 11 is 5.89. The van der Waals surface area contributed by atoms with Gasteiger partial charge in [0.05, 0.1) is 22.2 Å². The molecule has 0 aliphatic heterocycles. The number of benzene rings is 2. The second kappa shape index (κ2) is 6.25.